The smallest absolute Gasteiger partial charge is 0.126 e. The normalized spacial score (nSPS) is 10.1. The summed E-state index contributed by atoms with van der Waals surface area (Å²) in [6, 6.07) is 3.46. The molecule has 1 rings (SSSR count). The molecule has 0 fully saturated rings. The van der Waals surface area contributed by atoms with Crippen LogP contribution >= 0.6 is 22.9 Å². The van der Waals surface area contributed by atoms with Gasteiger partial charge in [-0.05, 0) is 17.7 Å². The number of nitrogens with one attached hydrogen (secondary N) is 1. The van der Waals surface area contributed by atoms with Crippen molar-refractivity contribution >= 4 is 22.9 Å². The topological polar surface area (TPSA) is 12.0 Å². The zero-order valence-corrected chi connectivity index (χ0v) is 7.73. The molecule has 0 saturated heterocycles. The fraction of sp³-hybridized carbons (Fsp3) is 0.143. The van der Waals surface area contributed by atoms with Crippen molar-refractivity contribution in [3.05, 3.63) is 35.4 Å². The van der Waals surface area contributed by atoms with Crippen molar-refractivity contribution in [1.29, 1.82) is 0 Å². The maximum absolute atomic E-state index is 12.5. The molecule has 4 heteroatoms. The van der Waals surface area contributed by atoms with Gasteiger partial charge in [0.05, 0.1) is 0 Å². The standard InChI is InChI=1S/C7H6F2IN/c8-6-1-5(4-11-10)2-7(9)3-6/h1-3,11H,4H2. The second-order valence-electron chi connectivity index (χ2n) is 2.09. The first kappa shape index (κ1) is 8.86. The number of rotatable bonds is 2. The molecular weight excluding hydrogens is 263 g/mol. The van der Waals surface area contributed by atoms with Crippen molar-refractivity contribution in [3.8, 4) is 0 Å². The van der Waals surface area contributed by atoms with Gasteiger partial charge in [-0.15, -0.1) is 0 Å². The van der Waals surface area contributed by atoms with Gasteiger partial charge < -0.3 is 0 Å². The van der Waals surface area contributed by atoms with Crippen LogP contribution in [0, 0.1) is 11.6 Å². The van der Waals surface area contributed by atoms with Crippen LogP contribution < -0.4 is 3.53 Å². The Morgan fingerprint density at radius 1 is 1.18 bits per heavy atom. The Kier molecular flexibility index (Phi) is 3.19. The lowest BCUT2D eigenvalue weighted by atomic mass is 10.2. The van der Waals surface area contributed by atoms with E-state index in [-0.39, 0.29) is 0 Å². The summed E-state index contributed by atoms with van der Waals surface area (Å²) in [5.74, 6) is -1.07. The van der Waals surface area contributed by atoms with Gasteiger partial charge in [-0.3, -0.25) is 3.53 Å². The van der Waals surface area contributed by atoms with Crippen LogP contribution in [-0.4, -0.2) is 0 Å². The maximum Gasteiger partial charge on any atom is 0.126 e. The summed E-state index contributed by atoms with van der Waals surface area (Å²) < 4.78 is 27.7. The molecule has 0 spiro atoms. The molecule has 0 atom stereocenters. The molecule has 0 aromatic heterocycles. The minimum absolute atomic E-state index is 0.468. The lowest BCUT2D eigenvalue weighted by Gasteiger charge is -1.98. The number of halogens is 3. The summed E-state index contributed by atoms with van der Waals surface area (Å²) >= 11 is 1.92. The van der Waals surface area contributed by atoms with Crippen molar-refractivity contribution < 1.29 is 8.78 Å². The first-order valence-corrected chi connectivity index (χ1v) is 4.08. The van der Waals surface area contributed by atoms with Crippen LogP contribution in [0.5, 0.6) is 0 Å². The van der Waals surface area contributed by atoms with Crippen LogP contribution in [0.1, 0.15) is 5.56 Å². The van der Waals surface area contributed by atoms with E-state index in [0.29, 0.717) is 12.1 Å². The van der Waals surface area contributed by atoms with Gasteiger partial charge in [0.15, 0.2) is 0 Å². The van der Waals surface area contributed by atoms with Crippen LogP contribution in [0.2, 0.25) is 0 Å². The van der Waals surface area contributed by atoms with E-state index in [4.69, 9.17) is 0 Å². The summed E-state index contributed by atoms with van der Waals surface area (Å²) in [6.07, 6.45) is 0. The van der Waals surface area contributed by atoms with E-state index < -0.39 is 11.6 Å². The highest BCUT2D eigenvalue weighted by Gasteiger charge is 1.98. The van der Waals surface area contributed by atoms with Crippen LogP contribution in [0.15, 0.2) is 18.2 Å². The second kappa shape index (κ2) is 3.96. The molecule has 0 unspecified atom stereocenters. The van der Waals surface area contributed by atoms with Crippen LogP contribution in [-0.2, 0) is 6.54 Å². The highest BCUT2D eigenvalue weighted by atomic mass is 127. The summed E-state index contributed by atoms with van der Waals surface area (Å²) in [6.45, 7) is 0.468. The van der Waals surface area contributed by atoms with Crippen LogP contribution in [0.4, 0.5) is 8.78 Å². The number of hydrogen-bond donors (Lipinski definition) is 1. The summed E-state index contributed by atoms with van der Waals surface area (Å²) in [7, 11) is 0. The van der Waals surface area contributed by atoms with Gasteiger partial charge in [0.1, 0.15) is 11.6 Å². The fourth-order valence-electron chi connectivity index (χ4n) is 0.790. The van der Waals surface area contributed by atoms with Gasteiger partial charge in [-0.1, -0.05) is 0 Å². The van der Waals surface area contributed by atoms with Crippen molar-refractivity contribution in [2.24, 2.45) is 0 Å². The Bertz CT molecular complexity index is 232. The minimum atomic E-state index is -0.536. The predicted octanol–water partition coefficient (Wildman–Crippen LogP) is 2.40. The van der Waals surface area contributed by atoms with Gasteiger partial charge in [0, 0.05) is 35.5 Å². The molecule has 60 valence electrons. The molecule has 0 radical (unpaired) electrons. The van der Waals surface area contributed by atoms with E-state index in [9.17, 15) is 8.78 Å². The lowest BCUT2D eigenvalue weighted by molar-refractivity contribution is 0.579. The van der Waals surface area contributed by atoms with E-state index in [2.05, 4.69) is 3.53 Å². The lowest BCUT2D eigenvalue weighted by Crippen LogP contribution is -1.98. The zero-order chi connectivity index (χ0) is 8.27. The Morgan fingerprint density at radius 2 is 1.73 bits per heavy atom. The van der Waals surface area contributed by atoms with Crippen molar-refractivity contribution in [1.82, 2.24) is 3.53 Å². The third-order valence-electron chi connectivity index (χ3n) is 1.19. The highest BCUT2D eigenvalue weighted by molar-refractivity contribution is 14.1. The Balaban J connectivity index is 2.89. The SMILES string of the molecule is Fc1cc(F)cc(CNI)c1. The molecule has 11 heavy (non-hydrogen) atoms. The Labute approximate surface area is 77.3 Å². The molecule has 0 heterocycles. The summed E-state index contributed by atoms with van der Waals surface area (Å²) in [5.41, 5.74) is 0.608. The molecule has 0 amide bonds. The van der Waals surface area contributed by atoms with E-state index in [0.717, 1.165) is 6.07 Å². The molecule has 0 saturated carbocycles. The average Bonchev–Trinajstić information content (AvgIpc) is 1.85. The number of benzene rings is 1. The second-order valence-corrected chi connectivity index (χ2v) is 2.85. The van der Waals surface area contributed by atoms with Crippen molar-refractivity contribution in [2.45, 2.75) is 6.54 Å². The largest absolute Gasteiger partial charge is 0.257 e. The molecule has 1 aromatic carbocycles. The third kappa shape index (κ3) is 2.70. The van der Waals surface area contributed by atoms with E-state index in [1.165, 1.54) is 12.1 Å². The molecular formula is C7H6F2IN. The van der Waals surface area contributed by atoms with Gasteiger partial charge >= 0.3 is 0 Å². The number of hydrogen-bond acceptors (Lipinski definition) is 1. The Hall–Kier alpha value is -0.230. The molecule has 0 bridgehead atoms. The molecule has 0 aliphatic rings. The third-order valence-corrected chi connectivity index (χ3v) is 1.57. The van der Waals surface area contributed by atoms with Gasteiger partial charge in [-0.2, -0.15) is 0 Å². The predicted molar refractivity (Wildman–Crippen MR) is 47.2 cm³/mol. The van der Waals surface area contributed by atoms with Crippen LogP contribution in [0.25, 0.3) is 0 Å². The van der Waals surface area contributed by atoms with E-state index >= 15 is 0 Å². The summed E-state index contributed by atoms with van der Waals surface area (Å²) in [4.78, 5) is 0. The van der Waals surface area contributed by atoms with Crippen molar-refractivity contribution in [3.63, 3.8) is 0 Å². The fourth-order valence-corrected chi connectivity index (χ4v) is 1.23. The first-order chi connectivity index (χ1) is 5.22. The first-order valence-electron chi connectivity index (χ1n) is 3.01. The summed E-state index contributed by atoms with van der Waals surface area (Å²) in [5, 5.41) is 0. The maximum atomic E-state index is 12.5. The molecule has 1 aromatic rings. The molecule has 1 N–H and O–H groups in total. The van der Waals surface area contributed by atoms with E-state index in [1.807, 2.05) is 22.9 Å². The quantitative estimate of drug-likeness (QED) is 0.642. The molecule has 1 nitrogen and oxygen atoms in total. The Morgan fingerprint density at radius 3 is 2.18 bits per heavy atom. The molecule has 0 aliphatic heterocycles. The zero-order valence-electron chi connectivity index (χ0n) is 5.57. The van der Waals surface area contributed by atoms with Crippen molar-refractivity contribution in [2.75, 3.05) is 0 Å². The van der Waals surface area contributed by atoms with Gasteiger partial charge in [0.2, 0.25) is 0 Å². The minimum Gasteiger partial charge on any atom is -0.257 e. The van der Waals surface area contributed by atoms with Gasteiger partial charge in [-0.25, -0.2) is 8.78 Å². The van der Waals surface area contributed by atoms with Crippen LogP contribution in [0.3, 0.4) is 0 Å². The van der Waals surface area contributed by atoms with Gasteiger partial charge in [0.25, 0.3) is 0 Å². The highest BCUT2D eigenvalue weighted by Crippen LogP contribution is 2.07. The monoisotopic (exact) mass is 269 g/mol. The molecule has 0 aliphatic carbocycles. The average molecular weight is 269 g/mol. The van der Waals surface area contributed by atoms with E-state index in [1.54, 1.807) is 0 Å².